The number of aliphatic hydroxyl groups is 1. The molecule has 0 aromatic heterocycles. The molecule has 2 amide bonds. The zero-order valence-corrected chi connectivity index (χ0v) is 39.3. The van der Waals surface area contributed by atoms with Crippen LogP contribution in [0.2, 0.25) is 0 Å². The van der Waals surface area contributed by atoms with Crippen LogP contribution >= 0.6 is 0 Å². The number of aryl methyl sites for hydroxylation is 1. The van der Waals surface area contributed by atoms with Gasteiger partial charge in [-0.05, 0) is 96.0 Å². The molecule has 5 atom stereocenters. The predicted molar refractivity (Wildman–Crippen MR) is 262 cm³/mol. The number of amides is 2. The van der Waals surface area contributed by atoms with E-state index in [1.54, 1.807) is 24.3 Å². The summed E-state index contributed by atoms with van der Waals surface area (Å²) in [4.78, 5) is 32.0. The number of sulfonamides is 1. The summed E-state index contributed by atoms with van der Waals surface area (Å²) >= 11 is 0. The highest BCUT2D eigenvalue weighted by atomic mass is 32.2. The molecular weight excluding hydrogens is 875 g/mol. The van der Waals surface area contributed by atoms with Gasteiger partial charge in [0.1, 0.15) is 11.6 Å². The van der Waals surface area contributed by atoms with Crippen molar-refractivity contribution < 1.29 is 32.6 Å². The van der Waals surface area contributed by atoms with Gasteiger partial charge in [0.25, 0.3) is 0 Å². The molecule has 4 N–H and O–H groups in total. The summed E-state index contributed by atoms with van der Waals surface area (Å²) in [6.07, 6.45) is 0.404. The largest absolute Gasteiger partial charge is 0.392 e. The summed E-state index contributed by atoms with van der Waals surface area (Å²) in [5.41, 5.74) is 7.62. The van der Waals surface area contributed by atoms with Crippen molar-refractivity contribution in [2.75, 3.05) is 31.2 Å². The molecule has 68 heavy (non-hydrogen) atoms. The monoisotopic (exact) mass is 933 g/mol. The quantitative estimate of drug-likeness (QED) is 0.0818. The maximum Gasteiger partial charge on any atom is 0.247 e. The Bertz CT molecular complexity index is 2790. The van der Waals surface area contributed by atoms with Gasteiger partial charge in [0.2, 0.25) is 21.8 Å². The van der Waals surface area contributed by atoms with E-state index in [1.165, 1.54) is 0 Å². The Hall–Kier alpha value is -6.19. The number of anilines is 1. The second kappa shape index (κ2) is 20.6. The molecule has 3 aliphatic rings. The fourth-order valence-electron chi connectivity index (χ4n) is 9.77. The van der Waals surface area contributed by atoms with Crippen LogP contribution in [0.15, 0.2) is 163 Å². The van der Waals surface area contributed by atoms with Crippen LogP contribution in [0.4, 0.5) is 5.69 Å². The van der Waals surface area contributed by atoms with Crippen molar-refractivity contribution >= 4 is 27.5 Å². The molecule has 3 saturated heterocycles. The number of ether oxygens (including phenoxy) is 2. The van der Waals surface area contributed by atoms with Gasteiger partial charge in [0.05, 0.1) is 30.4 Å². The zero-order chi connectivity index (χ0) is 47.3. The minimum atomic E-state index is -3.99. The van der Waals surface area contributed by atoms with E-state index in [-0.39, 0.29) is 48.5 Å². The number of aliphatic hydroxyl groups excluding tert-OH is 1. The van der Waals surface area contributed by atoms with E-state index in [4.69, 9.17) is 9.47 Å². The number of nitrogens with one attached hydrogen (secondary N) is 3. The molecule has 1 spiro atoms. The molecule has 3 heterocycles. The molecule has 0 unspecified atom stereocenters. The highest BCUT2D eigenvalue weighted by molar-refractivity contribution is 7.89. The summed E-state index contributed by atoms with van der Waals surface area (Å²) in [5.74, 6) is -0.363. The molecule has 6 aromatic carbocycles. The Kier molecular flexibility index (Phi) is 14.2. The van der Waals surface area contributed by atoms with E-state index in [9.17, 15) is 23.1 Å². The first kappa shape index (κ1) is 46.9. The molecule has 13 heteroatoms. The minimum absolute atomic E-state index is 0.0158. The first-order valence-electron chi connectivity index (χ1n) is 23.4. The lowest BCUT2D eigenvalue weighted by atomic mass is 9.84. The molecule has 0 radical (unpaired) electrons. The van der Waals surface area contributed by atoms with Gasteiger partial charge in [0, 0.05) is 43.3 Å². The van der Waals surface area contributed by atoms with Crippen LogP contribution in [-0.2, 0) is 48.7 Å². The predicted octanol–water partition coefficient (Wildman–Crippen LogP) is 7.58. The third-order valence-electron chi connectivity index (χ3n) is 13.8. The van der Waals surface area contributed by atoms with Gasteiger partial charge in [-0.3, -0.25) is 9.59 Å². The Balaban J connectivity index is 0.908. The van der Waals surface area contributed by atoms with Crippen LogP contribution in [0.1, 0.15) is 65.5 Å². The lowest BCUT2D eigenvalue weighted by Crippen LogP contribution is -2.57. The second-order valence-electron chi connectivity index (χ2n) is 18.3. The van der Waals surface area contributed by atoms with Gasteiger partial charge in [-0.1, -0.05) is 134 Å². The normalized spacial score (nSPS) is 21.0. The first-order chi connectivity index (χ1) is 33.0. The van der Waals surface area contributed by atoms with Gasteiger partial charge >= 0.3 is 0 Å². The summed E-state index contributed by atoms with van der Waals surface area (Å²) in [7, 11) is -3.99. The molecule has 9 rings (SSSR count). The molecule has 3 fully saturated rings. The molecule has 0 bridgehead atoms. The zero-order valence-electron chi connectivity index (χ0n) is 38.5. The molecule has 3 aliphatic heterocycles. The van der Waals surface area contributed by atoms with Gasteiger partial charge in [-0.2, -0.15) is 4.72 Å². The summed E-state index contributed by atoms with van der Waals surface area (Å²) in [5, 5.41) is 15.9. The average Bonchev–Trinajstić information content (AvgIpc) is 3.68. The number of rotatable bonds is 15. The number of carbonyl (C=O) groups excluding carboxylic acids is 2. The number of para-hydroxylation sites is 1. The standard InChI is InChI=1S/C55H59N5O7S/c1-38-19-25-48(26-20-38)68(64,65)58-49(32-40-11-5-3-6-12-40)52(62)56-34-42-13-9-14-44(31-42)45-15-10-16-46(33-45)53-66-50(39(2)51(67-53)43-23-21-41(36-61)22-24-43)35-59-29-27-55(28-30-59)54(63)57-37-60(55)47-17-7-4-8-18-47/h3-26,31,33,39,49-51,53,58,61H,27-30,32,34-37H2,1-2H3,(H,56,62)(H,57,63)/t39-,49+,50+,51+,53+/m0/s1. The SMILES string of the molecule is Cc1ccc(S(=O)(=O)N[C@H](Cc2ccccc2)C(=O)NCc2cccc(-c3cccc([C@@H]4O[C@H](CN5CCC6(CC5)C(=O)NCN6c5ccccc5)[C@H](C)[C@H](c5ccc(CO)cc5)O4)c3)c2)cc1. The van der Waals surface area contributed by atoms with E-state index < -0.39 is 33.8 Å². The molecule has 12 nitrogen and oxygen atoms in total. The minimum Gasteiger partial charge on any atom is -0.392 e. The average molecular weight is 934 g/mol. The van der Waals surface area contributed by atoms with Crippen molar-refractivity contribution in [2.45, 2.75) is 81.2 Å². The number of hydrogen-bond donors (Lipinski definition) is 4. The summed E-state index contributed by atoms with van der Waals surface area (Å²) in [6.45, 7) is 6.85. The third kappa shape index (κ3) is 10.4. The Morgan fingerprint density at radius 3 is 2.15 bits per heavy atom. The van der Waals surface area contributed by atoms with Crippen molar-refractivity contribution in [3.05, 3.63) is 191 Å². The van der Waals surface area contributed by atoms with E-state index in [2.05, 4.69) is 50.3 Å². The number of carbonyl (C=O) groups is 2. The Morgan fingerprint density at radius 1 is 0.779 bits per heavy atom. The fraction of sp³-hybridized carbons (Fsp3) is 0.309. The van der Waals surface area contributed by atoms with Gasteiger partial charge < -0.3 is 35.0 Å². The lowest BCUT2D eigenvalue weighted by Gasteiger charge is -2.46. The number of nitrogens with zero attached hydrogens (tertiary/aromatic N) is 2. The molecule has 0 saturated carbocycles. The molecular formula is C55H59N5O7S. The van der Waals surface area contributed by atoms with Crippen LogP contribution in [0, 0.1) is 12.8 Å². The molecule has 0 aliphatic carbocycles. The van der Waals surface area contributed by atoms with Gasteiger partial charge in [0.15, 0.2) is 6.29 Å². The maximum absolute atomic E-state index is 13.8. The van der Waals surface area contributed by atoms with Crippen molar-refractivity contribution in [3.63, 3.8) is 0 Å². The van der Waals surface area contributed by atoms with Gasteiger partial charge in [-0.15, -0.1) is 0 Å². The van der Waals surface area contributed by atoms with Crippen molar-refractivity contribution in [3.8, 4) is 11.1 Å². The third-order valence-corrected chi connectivity index (χ3v) is 15.3. The van der Waals surface area contributed by atoms with Crippen molar-refractivity contribution in [2.24, 2.45) is 5.92 Å². The van der Waals surface area contributed by atoms with Crippen LogP contribution in [0.25, 0.3) is 11.1 Å². The van der Waals surface area contributed by atoms with Crippen LogP contribution in [0.3, 0.4) is 0 Å². The van der Waals surface area contributed by atoms with E-state index in [0.29, 0.717) is 26.1 Å². The van der Waals surface area contributed by atoms with Crippen LogP contribution < -0.4 is 20.3 Å². The highest BCUT2D eigenvalue weighted by Gasteiger charge is 2.51. The topological polar surface area (TPSA) is 150 Å². The van der Waals surface area contributed by atoms with Crippen LogP contribution in [-0.4, -0.2) is 74.2 Å². The summed E-state index contributed by atoms with van der Waals surface area (Å²) in [6, 6.07) is 49.0. The Labute approximate surface area is 399 Å². The number of likely N-dealkylation sites (tertiary alicyclic amines) is 1. The van der Waals surface area contributed by atoms with E-state index >= 15 is 0 Å². The maximum atomic E-state index is 13.8. The number of piperidine rings is 1. The van der Waals surface area contributed by atoms with Crippen molar-refractivity contribution in [1.82, 2.24) is 20.3 Å². The number of hydrogen-bond acceptors (Lipinski definition) is 9. The van der Waals surface area contributed by atoms with Gasteiger partial charge in [-0.25, -0.2) is 8.42 Å². The summed E-state index contributed by atoms with van der Waals surface area (Å²) < 4.78 is 43.4. The van der Waals surface area contributed by atoms with E-state index in [0.717, 1.165) is 63.3 Å². The lowest BCUT2D eigenvalue weighted by molar-refractivity contribution is -0.276. The van der Waals surface area contributed by atoms with E-state index in [1.807, 2.05) is 122 Å². The van der Waals surface area contributed by atoms with Crippen molar-refractivity contribution in [1.29, 1.82) is 0 Å². The second-order valence-corrected chi connectivity index (χ2v) is 20.0. The van der Waals surface area contributed by atoms with Crippen LogP contribution in [0.5, 0.6) is 0 Å². The Morgan fingerprint density at radius 2 is 1.44 bits per heavy atom. The molecule has 6 aromatic rings. The highest BCUT2D eigenvalue weighted by Crippen LogP contribution is 2.43. The first-order valence-corrected chi connectivity index (χ1v) is 24.9. The number of benzene rings is 6. The fourth-order valence-corrected chi connectivity index (χ4v) is 11.0. The molecule has 352 valence electrons. The smallest absolute Gasteiger partial charge is 0.247 e.